The first-order valence-electron chi connectivity index (χ1n) is 26.1. The predicted molar refractivity (Wildman–Crippen MR) is 301 cm³/mol. The van der Waals surface area contributed by atoms with Crippen LogP contribution in [0.3, 0.4) is 0 Å². The monoisotopic (exact) mass is 1170 g/mol. The van der Waals surface area contributed by atoms with Crippen molar-refractivity contribution in [2.45, 2.75) is 128 Å². The molecule has 0 radical (unpaired) electrons. The topological polar surface area (TPSA) is 162 Å². The molecule has 6 aliphatic rings. The van der Waals surface area contributed by atoms with Gasteiger partial charge in [-0.25, -0.2) is 0 Å². The maximum Gasteiger partial charge on any atom is 0.242 e. The zero-order chi connectivity index (χ0) is 54.0. The van der Waals surface area contributed by atoms with Gasteiger partial charge in [0.05, 0.1) is 16.9 Å². The van der Waals surface area contributed by atoms with Crippen LogP contribution in [0.25, 0.3) is 10.9 Å². The Bertz CT molecular complexity index is 2930. The Kier molecular flexibility index (Phi) is 19.2. The van der Waals surface area contributed by atoms with E-state index in [1.807, 2.05) is 60.7 Å². The molecule has 4 aromatic carbocycles. The van der Waals surface area contributed by atoms with E-state index >= 15 is 0 Å². The fourth-order valence-corrected chi connectivity index (χ4v) is 9.91. The van der Waals surface area contributed by atoms with E-state index in [9.17, 15) is 19.2 Å². The zero-order valence-corrected chi connectivity index (χ0v) is 49.2. The van der Waals surface area contributed by atoms with Gasteiger partial charge in [0.15, 0.2) is 23.0 Å². The van der Waals surface area contributed by atoms with Crippen LogP contribution in [0.1, 0.15) is 109 Å². The molecule has 4 amide bonds. The molecular formula is C60H78ClN6O9Pd-. The number of hydrogen-bond donors (Lipinski definition) is 3. The second kappa shape index (κ2) is 24.5. The molecule has 3 N–H and O–H groups in total. The average Bonchev–Trinajstić information content (AvgIpc) is 3.89. The summed E-state index contributed by atoms with van der Waals surface area (Å²) >= 11 is 5.16. The largest absolute Gasteiger partial charge is 0.454 e. The Morgan fingerprint density at radius 2 is 1.22 bits per heavy atom. The van der Waals surface area contributed by atoms with Crippen molar-refractivity contribution in [2.24, 2.45) is 5.41 Å². The number of ether oxygens (including phenoxy) is 5. The van der Waals surface area contributed by atoms with E-state index < -0.39 is 10.8 Å². The van der Waals surface area contributed by atoms with Gasteiger partial charge in [-0.2, -0.15) is 0 Å². The van der Waals surface area contributed by atoms with Crippen LogP contribution in [0, 0.1) is 12.8 Å². The minimum atomic E-state index is -0.531. The number of nitrogens with zero attached hydrogens (tertiary/aromatic N) is 3. The summed E-state index contributed by atoms with van der Waals surface area (Å²) in [5.41, 5.74) is 7.17. The first-order valence-corrected chi connectivity index (χ1v) is 26.6. The van der Waals surface area contributed by atoms with Crippen molar-refractivity contribution in [2.75, 3.05) is 70.2 Å². The normalized spacial score (nSPS) is 18.1. The fraction of sp³-hybridized carbons (Fsp3) is 0.483. The molecule has 0 bridgehead atoms. The summed E-state index contributed by atoms with van der Waals surface area (Å²) in [4.78, 5) is 52.3. The van der Waals surface area contributed by atoms with Gasteiger partial charge in [-0.3, -0.25) is 19.2 Å². The van der Waals surface area contributed by atoms with Crippen molar-refractivity contribution in [3.63, 3.8) is 0 Å². The molecular weight excluding hydrogens is 1090 g/mol. The summed E-state index contributed by atoms with van der Waals surface area (Å²) < 4.78 is 29.0. The number of benzene rings is 4. The van der Waals surface area contributed by atoms with Crippen LogP contribution in [0.4, 0.5) is 17.1 Å². The van der Waals surface area contributed by atoms with Gasteiger partial charge >= 0.3 is 0 Å². The van der Waals surface area contributed by atoms with Gasteiger partial charge in [0, 0.05) is 100 Å². The SMILES string of the molecule is CC(C)(C)C1Cc2cc(NC(=O)C3(c4ccc5c(c4)OCO5)CC3)ccc2N1.CC1CCCO1.CN(C)C(=O)CCl.CN(C)C(=O)Cn1c(C(C)(C)C)cc2cc(NC(=O)C3(c4ccc5c(c4)OCO5)CC3)ccc21.[CH3-].[Pd]. The number of alkyl halides is 1. The van der Waals surface area contributed by atoms with Crippen LogP contribution in [0.2, 0.25) is 0 Å². The van der Waals surface area contributed by atoms with E-state index in [4.69, 9.17) is 35.3 Å². The zero-order valence-electron chi connectivity index (χ0n) is 46.9. The molecule has 5 aromatic rings. The van der Waals surface area contributed by atoms with Crippen LogP contribution in [0.15, 0.2) is 78.9 Å². The van der Waals surface area contributed by atoms with E-state index in [0.717, 1.165) is 95.1 Å². The van der Waals surface area contributed by atoms with Crippen LogP contribution in [-0.4, -0.2) is 104 Å². The first kappa shape index (κ1) is 60.4. The number of carbonyl (C=O) groups excluding carboxylic acids is 4. The third-order valence-electron chi connectivity index (χ3n) is 14.9. The van der Waals surface area contributed by atoms with Gasteiger partial charge in [-0.05, 0) is 141 Å². The number of carbonyl (C=O) groups is 4. The van der Waals surface area contributed by atoms with Crippen LogP contribution in [-0.2, 0) is 73.5 Å². The number of likely N-dealkylation sites (N-methyl/N-ethyl adjacent to an activating group) is 1. The van der Waals surface area contributed by atoms with Crippen LogP contribution >= 0.6 is 11.6 Å². The van der Waals surface area contributed by atoms with Gasteiger partial charge in [-0.15, -0.1) is 11.6 Å². The summed E-state index contributed by atoms with van der Waals surface area (Å²) in [6, 6.07) is 26.2. The average molecular weight is 1170 g/mol. The number of anilines is 3. The summed E-state index contributed by atoms with van der Waals surface area (Å²) in [6.07, 6.45) is 7.38. The Labute approximate surface area is 474 Å². The van der Waals surface area contributed by atoms with Crippen LogP contribution < -0.4 is 34.9 Å². The van der Waals surface area contributed by atoms with Gasteiger partial charge in [0.25, 0.3) is 0 Å². The molecule has 2 atom stereocenters. The van der Waals surface area contributed by atoms with Gasteiger partial charge < -0.3 is 61.4 Å². The van der Waals surface area contributed by atoms with E-state index in [1.54, 1.807) is 33.1 Å². The van der Waals surface area contributed by atoms with Crippen molar-refractivity contribution < 1.29 is 63.3 Å². The van der Waals surface area contributed by atoms with E-state index in [-0.39, 0.29) is 88.3 Å². The third-order valence-corrected chi connectivity index (χ3v) is 15.1. The number of aromatic nitrogens is 1. The molecule has 77 heavy (non-hydrogen) atoms. The standard InChI is InChI=1S/C27H31N3O4.C23H26N2O3.C5H10O.C4H8ClNO.CH3.Pd/c1-26(2,3)23-13-17-12-19(7-8-20(17)30(23)15-24(31)29(4)5)28-25(32)27(10-11-27)18-6-9-21-22(14-18)34-16-33-21;1-22(2,3)20-11-14-10-16(5-6-17(14)25-20)24-21(26)23(8-9-23)15-4-7-18-19(12-15)28-13-27-18;1-5-3-2-4-6-5;1-6(2)4(7)3-5;;/h6-9,12-14H,10-11,15-16H2,1-5H3,(H,28,32);4-7,10,12,20,25H,8-9,11,13H2,1-3H3,(H,24,26);5H,2-4H2,1H3;3H2,1-2H3;1H3;/q;;;;-1;. The smallest absolute Gasteiger partial charge is 0.242 e. The van der Waals surface area contributed by atoms with Crippen LogP contribution in [0.5, 0.6) is 23.0 Å². The Morgan fingerprint density at radius 1 is 0.701 bits per heavy atom. The maximum absolute atomic E-state index is 13.3. The molecule has 0 spiro atoms. The minimum absolute atomic E-state index is 0. The van der Waals surface area contributed by atoms with Gasteiger partial charge in [0.2, 0.25) is 37.2 Å². The maximum atomic E-state index is 13.3. The first-order chi connectivity index (χ1) is 35.5. The Balaban J connectivity index is 0.000000200. The molecule has 1 aromatic heterocycles. The van der Waals surface area contributed by atoms with E-state index in [0.29, 0.717) is 17.9 Å². The van der Waals surface area contributed by atoms with Crippen molar-refractivity contribution >= 4 is 63.2 Å². The molecule has 5 heterocycles. The van der Waals surface area contributed by atoms with Crippen molar-refractivity contribution in [1.29, 1.82) is 0 Å². The fourth-order valence-electron chi connectivity index (χ4n) is 9.67. The predicted octanol–water partition coefficient (Wildman–Crippen LogP) is 10.8. The van der Waals surface area contributed by atoms with E-state index in [2.05, 4.69) is 87.2 Å². The number of nitrogens with one attached hydrogen (secondary N) is 3. The number of amides is 4. The molecule has 2 saturated carbocycles. The second-order valence-corrected chi connectivity index (χ2v) is 23.3. The molecule has 2 unspecified atom stereocenters. The van der Waals surface area contributed by atoms with Gasteiger partial charge in [0.1, 0.15) is 12.4 Å². The molecule has 17 heteroatoms. The summed E-state index contributed by atoms with van der Waals surface area (Å²) in [7, 11) is 6.88. The van der Waals surface area contributed by atoms with Crippen molar-refractivity contribution in [1.82, 2.24) is 14.4 Å². The molecule has 3 fully saturated rings. The van der Waals surface area contributed by atoms with Crippen molar-refractivity contribution in [3.05, 3.63) is 109 Å². The number of rotatable bonds is 9. The summed E-state index contributed by atoms with van der Waals surface area (Å²) in [5.74, 6) is 3.01. The Hall–Kier alpha value is -5.79. The second-order valence-electron chi connectivity index (χ2n) is 23.0. The molecule has 15 nitrogen and oxygen atoms in total. The molecule has 2 aliphatic carbocycles. The summed E-state index contributed by atoms with van der Waals surface area (Å²) in [6.45, 7) is 17.0. The Morgan fingerprint density at radius 3 is 1.65 bits per heavy atom. The van der Waals surface area contributed by atoms with E-state index in [1.165, 1.54) is 29.0 Å². The number of halogens is 1. The van der Waals surface area contributed by atoms with Crippen molar-refractivity contribution in [3.8, 4) is 23.0 Å². The quantitative estimate of drug-likeness (QED) is 0.0736. The third kappa shape index (κ3) is 13.9. The molecule has 420 valence electrons. The number of hydrogen-bond acceptors (Lipinski definition) is 10. The molecule has 4 aliphatic heterocycles. The van der Waals surface area contributed by atoms with Gasteiger partial charge in [-0.1, -0.05) is 53.7 Å². The molecule has 11 rings (SSSR count). The summed E-state index contributed by atoms with van der Waals surface area (Å²) in [5, 5.41) is 10.9. The minimum Gasteiger partial charge on any atom is -0.454 e. The molecule has 1 saturated heterocycles. The number of fused-ring (bicyclic) bond motifs is 4.